The molecule has 20 heavy (non-hydrogen) atoms. The first-order chi connectivity index (χ1) is 9.47. The molecule has 0 aliphatic carbocycles. The van der Waals surface area contributed by atoms with E-state index in [-0.39, 0.29) is 11.9 Å². The highest BCUT2D eigenvalue weighted by Gasteiger charge is 2.10. The molecule has 0 amide bonds. The molecule has 0 heterocycles. The zero-order valence-corrected chi connectivity index (χ0v) is 12.2. The Labute approximate surface area is 120 Å². The van der Waals surface area contributed by atoms with Gasteiger partial charge in [0.2, 0.25) is 0 Å². The molecule has 2 nitrogen and oxygen atoms in total. The van der Waals surface area contributed by atoms with Gasteiger partial charge in [0.25, 0.3) is 0 Å². The largest absolute Gasteiger partial charge is 0.378 e. The summed E-state index contributed by atoms with van der Waals surface area (Å²) < 4.78 is 13.1. The fraction of sp³-hybridized carbons (Fsp3) is 0.294. The normalized spacial score (nSPS) is 12.2. The minimum absolute atomic E-state index is 0.0842. The Hall–Kier alpha value is -1.87. The maximum Gasteiger partial charge on any atom is 0.123 e. The van der Waals surface area contributed by atoms with Crippen molar-refractivity contribution in [2.24, 2.45) is 5.73 Å². The summed E-state index contributed by atoms with van der Waals surface area (Å²) in [6.45, 7) is 1.92. The van der Waals surface area contributed by atoms with Crippen molar-refractivity contribution in [1.29, 1.82) is 0 Å². The standard InChI is InChI=1S/C17H21FN2/c1-12-9-15(18)8-7-13(12)11-17(19)14-5-4-6-16(10-14)20(2)3/h4-10,17H,11,19H2,1-3H3. The van der Waals surface area contributed by atoms with E-state index in [0.29, 0.717) is 6.42 Å². The van der Waals surface area contributed by atoms with Crippen molar-refractivity contribution < 1.29 is 4.39 Å². The Balaban J connectivity index is 2.19. The van der Waals surface area contributed by atoms with Gasteiger partial charge >= 0.3 is 0 Å². The predicted molar refractivity (Wildman–Crippen MR) is 82.5 cm³/mol. The highest BCUT2D eigenvalue weighted by Crippen LogP contribution is 2.22. The molecule has 0 aliphatic rings. The summed E-state index contributed by atoms with van der Waals surface area (Å²) in [6.07, 6.45) is 0.711. The molecule has 0 aliphatic heterocycles. The van der Waals surface area contributed by atoms with Gasteiger partial charge in [-0.3, -0.25) is 0 Å². The van der Waals surface area contributed by atoms with Gasteiger partial charge in [-0.25, -0.2) is 4.39 Å². The molecule has 2 N–H and O–H groups in total. The number of hydrogen-bond acceptors (Lipinski definition) is 2. The number of halogens is 1. The highest BCUT2D eigenvalue weighted by molar-refractivity contribution is 5.48. The molecule has 2 aromatic rings. The average Bonchev–Trinajstić information content (AvgIpc) is 2.42. The second kappa shape index (κ2) is 6.06. The van der Waals surface area contributed by atoms with Crippen LogP contribution in [0.5, 0.6) is 0 Å². The zero-order chi connectivity index (χ0) is 14.7. The van der Waals surface area contributed by atoms with E-state index < -0.39 is 0 Å². The van der Waals surface area contributed by atoms with Gasteiger partial charge in [-0.2, -0.15) is 0 Å². The maximum absolute atomic E-state index is 13.1. The Bertz CT molecular complexity index is 593. The molecule has 0 spiro atoms. The van der Waals surface area contributed by atoms with Crippen molar-refractivity contribution in [3.05, 3.63) is 65.0 Å². The first-order valence-electron chi connectivity index (χ1n) is 6.75. The second-order valence-electron chi connectivity index (χ2n) is 5.37. The zero-order valence-electron chi connectivity index (χ0n) is 12.2. The van der Waals surface area contributed by atoms with E-state index in [4.69, 9.17) is 5.73 Å². The fourth-order valence-electron chi connectivity index (χ4n) is 2.28. The number of benzene rings is 2. The molecule has 0 radical (unpaired) electrons. The first kappa shape index (κ1) is 14.5. The van der Waals surface area contributed by atoms with E-state index >= 15 is 0 Å². The predicted octanol–water partition coefficient (Wildman–Crippen LogP) is 3.44. The maximum atomic E-state index is 13.1. The van der Waals surface area contributed by atoms with Crippen molar-refractivity contribution >= 4 is 5.69 Å². The summed E-state index contributed by atoms with van der Waals surface area (Å²) in [5.74, 6) is -0.200. The van der Waals surface area contributed by atoms with Gasteiger partial charge < -0.3 is 10.6 Å². The topological polar surface area (TPSA) is 29.3 Å². The molecule has 1 atom stereocenters. The third kappa shape index (κ3) is 3.36. The van der Waals surface area contributed by atoms with Gasteiger partial charge in [-0.15, -0.1) is 0 Å². The van der Waals surface area contributed by atoms with Crippen LogP contribution in [0.2, 0.25) is 0 Å². The van der Waals surface area contributed by atoms with Crippen molar-refractivity contribution in [1.82, 2.24) is 0 Å². The summed E-state index contributed by atoms with van der Waals surface area (Å²) in [4.78, 5) is 2.05. The summed E-state index contributed by atoms with van der Waals surface area (Å²) in [5, 5.41) is 0. The van der Waals surface area contributed by atoms with Crippen molar-refractivity contribution in [2.75, 3.05) is 19.0 Å². The van der Waals surface area contributed by atoms with Crippen LogP contribution in [-0.4, -0.2) is 14.1 Å². The minimum atomic E-state index is -0.200. The molecule has 2 aromatic carbocycles. The van der Waals surface area contributed by atoms with E-state index in [2.05, 4.69) is 17.0 Å². The third-order valence-electron chi connectivity index (χ3n) is 3.56. The van der Waals surface area contributed by atoms with Gasteiger partial charge in [-0.05, 0) is 54.3 Å². The van der Waals surface area contributed by atoms with Crippen LogP contribution in [0.3, 0.4) is 0 Å². The molecular weight excluding hydrogens is 251 g/mol. The number of nitrogens with two attached hydrogens (primary N) is 1. The molecule has 0 saturated heterocycles. The molecule has 1 unspecified atom stereocenters. The molecular formula is C17H21FN2. The third-order valence-corrected chi connectivity index (χ3v) is 3.56. The number of nitrogens with zero attached hydrogens (tertiary/aromatic N) is 1. The van der Waals surface area contributed by atoms with E-state index in [1.807, 2.05) is 39.2 Å². The second-order valence-corrected chi connectivity index (χ2v) is 5.37. The van der Waals surface area contributed by atoms with Gasteiger partial charge in [0.1, 0.15) is 5.82 Å². The van der Waals surface area contributed by atoms with E-state index in [9.17, 15) is 4.39 Å². The SMILES string of the molecule is Cc1cc(F)ccc1CC(N)c1cccc(N(C)C)c1. The van der Waals surface area contributed by atoms with Gasteiger partial charge in [0.15, 0.2) is 0 Å². The van der Waals surface area contributed by atoms with Crippen LogP contribution in [0.15, 0.2) is 42.5 Å². The van der Waals surface area contributed by atoms with Gasteiger partial charge in [0, 0.05) is 25.8 Å². The summed E-state index contributed by atoms with van der Waals surface area (Å²) in [5.41, 5.74) is 10.6. The van der Waals surface area contributed by atoms with Crippen LogP contribution in [0.1, 0.15) is 22.7 Å². The lowest BCUT2D eigenvalue weighted by Gasteiger charge is -2.18. The molecule has 0 bridgehead atoms. The molecule has 0 saturated carbocycles. The lowest BCUT2D eigenvalue weighted by Crippen LogP contribution is -2.15. The van der Waals surface area contributed by atoms with Gasteiger partial charge in [0.05, 0.1) is 0 Å². The summed E-state index contributed by atoms with van der Waals surface area (Å²) in [6, 6.07) is 13.0. The smallest absolute Gasteiger partial charge is 0.123 e. The summed E-state index contributed by atoms with van der Waals surface area (Å²) in [7, 11) is 4.02. The van der Waals surface area contributed by atoms with Crippen LogP contribution < -0.4 is 10.6 Å². The molecule has 0 fully saturated rings. The first-order valence-corrected chi connectivity index (χ1v) is 6.75. The Morgan fingerprint density at radius 2 is 1.90 bits per heavy atom. The van der Waals surface area contributed by atoms with Crippen molar-refractivity contribution in [3.8, 4) is 0 Å². The quantitative estimate of drug-likeness (QED) is 0.923. The number of rotatable bonds is 4. The number of aryl methyl sites for hydroxylation is 1. The average molecular weight is 272 g/mol. The van der Waals surface area contributed by atoms with E-state index in [1.54, 1.807) is 6.07 Å². The van der Waals surface area contributed by atoms with Crippen LogP contribution in [0, 0.1) is 12.7 Å². The van der Waals surface area contributed by atoms with Crippen LogP contribution >= 0.6 is 0 Å². The van der Waals surface area contributed by atoms with E-state index in [1.165, 1.54) is 6.07 Å². The minimum Gasteiger partial charge on any atom is -0.378 e. The molecule has 0 aromatic heterocycles. The van der Waals surface area contributed by atoms with Crippen LogP contribution in [0.4, 0.5) is 10.1 Å². The lowest BCUT2D eigenvalue weighted by molar-refractivity contribution is 0.624. The van der Waals surface area contributed by atoms with Crippen LogP contribution in [0.25, 0.3) is 0 Å². The molecule has 2 rings (SSSR count). The monoisotopic (exact) mass is 272 g/mol. The molecule has 3 heteroatoms. The Kier molecular flexibility index (Phi) is 4.40. The Morgan fingerprint density at radius 1 is 1.15 bits per heavy atom. The highest BCUT2D eigenvalue weighted by atomic mass is 19.1. The van der Waals surface area contributed by atoms with Crippen molar-refractivity contribution in [3.63, 3.8) is 0 Å². The van der Waals surface area contributed by atoms with E-state index in [0.717, 1.165) is 22.4 Å². The van der Waals surface area contributed by atoms with Crippen LogP contribution in [-0.2, 0) is 6.42 Å². The fourth-order valence-corrected chi connectivity index (χ4v) is 2.28. The van der Waals surface area contributed by atoms with Crippen molar-refractivity contribution in [2.45, 2.75) is 19.4 Å². The number of anilines is 1. The summed E-state index contributed by atoms with van der Waals surface area (Å²) >= 11 is 0. The lowest BCUT2D eigenvalue weighted by atomic mass is 9.96. The van der Waals surface area contributed by atoms with Gasteiger partial charge in [-0.1, -0.05) is 18.2 Å². The Morgan fingerprint density at radius 3 is 2.55 bits per heavy atom. The molecule has 106 valence electrons. The number of hydrogen-bond donors (Lipinski definition) is 1.